The number of rotatable bonds is 5. The van der Waals surface area contributed by atoms with Crippen molar-refractivity contribution in [2.75, 3.05) is 11.9 Å². The molecule has 0 spiro atoms. The minimum absolute atomic E-state index is 0.0980. The normalized spacial score (nSPS) is 10.1. The molecule has 0 fully saturated rings. The van der Waals surface area contributed by atoms with E-state index in [1.54, 1.807) is 18.2 Å². The van der Waals surface area contributed by atoms with Gasteiger partial charge in [0.05, 0.1) is 4.92 Å². The molecule has 0 radical (unpaired) electrons. The molecule has 0 aliphatic carbocycles. The van der Waals surface area contributed by atoms with E-state index >= 15 is 0 Å². The van der Waals surface area contributed by atoms with Gasteiger partial charge in [-0.1, -0.05) is 6.07 Å². The first-order valence-electron chi connectivity index (χ1n) is 6.09. The van der Waals surface area contributed by atoms with E-state index in [9.17, 15) is 10.1 Å². The summed E-state index contributed by atoms with van der Waals surface area (Å²) in [6.45, 7) is 4.48. The molecule has 0 bridgehead atoms. The van der Waals surface area contributed by atoms with Gasteiger partial charge in [-0.05, 0) is 25.5 Å². The topological polar surface area (TPSA) is 90.2 Å². The molecule has 1 heterocycles. The molecule has 2 aromatic rings. The summed E-state index contributed by atoms with van der Waals surface area (Å²) in [7, 11) is 0. The van der Waals surface area contributed by atoms with Gasteiger partial charge in [0.15, 0.2) is 0 Å². The van der Waals surface area contributed by atoms with Crippen molar-refractivity contribution >= 4 is 11.5 Å². The van der Waals surface area contributed by atoms with Crippen LogP contribution in [0.25, 0.3) is 0 Å². The molecule has 0 aliphatic rings. The Balaban J connectivity index is 2.31. The largest absolute Gasteiger partial charge is 0.432 e. The highest BCUT2D eigenvalue weighted by atomic mass is 16.6. The summed E-state index contributed by atoms with van der Waals surface area (Å²) in [6.07, 6.45) is 1.34. The van der Waals surface area contributed by atoms with Crippen LogP contribution in [0.2, 0.25) is 0 Å². The smallest absolute Gasteiger partial charge is 0.311 e. The Hall–Kier alpha value is -2.70. The van der Waals surface area contributed by atoms with Crippen molar-refractivity contribution < 1.29 is 9.66 Å². The fraction of sp³-hybridized carbons (Fsp3) is 0.231. The Kier molecular flexibility index (Phi) is 4.09. The molecule has 7 nitrogen and oxygen atoms in total. The van der Waals surface area contributed by atoms with Gasteiger partial charge in [0.1, 0.15) is 12.1 Å². The Labute approximate surface area is 115 Å². The highest BCUT2D eigenvalue weighted by Gasteiger charge is 2.16. The number of benzene rings is 1. The lowest BCUT2D eigenvalue weighted by Crippen LogP contribution is -2.00. The van der Waals surface area contributed by atoms with E-state index in [-0.39, 0.29) is 17.3 Å². The first-order chi connectivity index (χ1) is 9.60. The number of nitro groups is 1. The predicted octanol–water partition coefficient (Wildman–Crippen LogP) is 2.92. The quantitative estimate of drug-likeness (QED) is 0.666. The lowest BCUT2D eigenvalue weighted by atomic mass is 10.2. The van der Waals surface area contributed by atoms with Crippen LogP contribution in [0.15, 0.2) is 30.6 Å². The summed E-state index contributed by atoms with van der Waals surface area (Å²) < 4.78 is 5.51. The molecule has 0 saturated heterocycles. The van der Waals surface area contributed by atoms with Gasteiger partial charge in [-0.2, -0.15) is 0 Å². The second-order valence-electron chi connectivity index (χ2n) is 4.10. The maximum atomic E-state index is 11.0. The summed E-state index contributed by atoms with van der Waals surface area (Å²) in [5.74, 6) is 1.02. The van der Waals surface area contributed by atoms with Crippen LogP contribution in [0.3, 0.4) is 0 Å². The van der Waals surface area contributed by atoms with Gasteiger partial charge in [0.2, 0.25) is 11.6 Å². The average molecular weight is 274 g/mol. The van der Waals surface area contributed by atoms with Crippen LogP contribution in [0, 0.1) is 17.0 Å². The number of ether oxygens (including phenoxy) is 1. The molecule has 7 heteroatoms. The van der Waals surface area contributed by atoms with Gasteiger partial charge in [0.25, 0.3) is 0 Å². The summed E-state index contributed by atoms with van der Waals surface area (Å²) in [5, 5.41) is 14.0. The maximum Gasteiger partial charge on any atom is 0.311 e. The SMILES string of the molecule is CCNc1cc(Oc2cc(C)ccc2[N+](=O)[O-])ncn1. The zero-order chi connectivity index (χ0) is 14.5. The number of anilines is 1. The van der Waals surface area contributed by atoms with Gasteiger partial charge < -0.3 is 10.1 Å². The van der Waals surface area contributed by atoms with Crippen LogP contribution in [0.5, 0.6) is 11.6 Å². The molecule has 0 atom stereocenters. The van der Waals surface area contributed by atoms with E-state index in [4.69, 9.17) is 4.74 Å². The van der Waals surface area contributed by atoms with Gasteiger partial charge >= 0.3 is 5.69 Å². The molecule has 0 amide bonds. The highest BCUT2D eigenvalue weighted by Crippen LogP contribution is 2.31. The van der Waals surface area contributed by atoms with Crippen LogP contribution in [0.1, 0.15) is 12.5 Å². The number of hydrogen-bond donors (Lipinski definition) is 1. The van der Waals surface area contributed by atoms with Gasteiger partial charge in [-0.15, -0.1) is 0 Å². The molecule has 20 heavy (non-hydrogen) atoms. The lowest BCUT2D eigenvalue weighted by molar-refractivity contribution is -0.385. The fourth-order valence-electron chi connectivity index (χ4n) is 1.64. The van der Waals surface area contributed by atoms with Crippen molar-refractivity contribution in [3.8, 4) is 11.6 Å². The number of nitrogens with zero attached hydrogens (tertiary/aromatic N) is 3. The number of aromatic nitrogens is 2. The van der Waals surface area contributed by atoms with Crippen molar-refractivity contribution in [3.05, 3.63) is 46.3 Å². The maximum absolute atomic E-state index is 11.0. The molecule has 1 N–H and O–H groups in total. The van der Waals surface area contributed by atoms with E-state index < -0.39 is 4.92 Å². The van der Waals surface area contributed by atoms with Crippen molar-refractivity contribution in [1.82, 2.24) is 9.97 Å². The number of nitrogens with one attached hydrogen (secondary N) is 1. The molecule has 2 rings (SSSR count). The molecule has 0 aliphatic heterocycles. The molecule has 104 valence electrons. The first kappa shape index (κ1) is 13.7. The van der Waals surface area contributed by atoms with Crippen LogP contribution in [-0.2, 0) is 0 Å². The van der Waals surface area contributed by atoms with E-state index in [2.05, 4.69) is 15.3 Å². The summed E-state index contributed by atoms with van der Waals surface area (Å²) in [6, 6.07) is 6.27. The van der Waals surface area contributed by atoms with Gasteiger partial charge in [-0.25, -0.2) is 9.97 Å². The Morgan fingerprint density at radius 1 is 1.35 bits per heavy atom. The molecule has 1 aromatic heterocycles. The zero-order valence-electron chi connectivity index (χ0n) is 11.2. The highest BCUT2D eigenvalue weighted by molar-refractivity contribution is 5.50. The van der Waals surface area contributed by atoms with Crippen LogP contribution in [-0.4, -0.2) is 21.4 Å². The summed E-state index contributed by atoms with van der Waals surface area (Å²) in [5.41, 5.74) is 0.769. The Bertz CT molecular complexity index is 631. The van der Waals surface area contributed by atoms with E-state index in [0.717, 1.165) is 5.56 Å². The van der Waals surface area contributed by atoms with Crippen molar-refractivity contribution in [2.45, 2.75) is 13.8 Å². The van der Waals surface area contributed by atoms with Crippen molar-refractivity contribution in [3.63, 3.8) is 0 Å². The third-order valence-electron chi connectivity index (χ3n) is 2.53. The Morgan fingerprint density at radius 2 is 2.15 bits per heavy atom. The average Bonchev–Trinajstić information content (AvgIpc) is 2.39. The van der Waals surface area contributed by atoms with Crippen molar-refractivity contribution in [1.29, 1.82) is 0 Å². The minimum Gasteiger partial charge on any atom is -0.432 e. The second-order valence-corrected chi connectivity index (χ2v) is 4.10. The van der Waals surface area contributed by atoms with E-state index in [1.165, 1.54) is 12.4 Å². The van der Waals surface area contributed by atoms with Gasteiger partial charge in [-0.3, -0.25) is 10.1 Å². The van der Waals surface area contributed by atoms with E-state index in [0.29, 0.717) is 12.4 Å². The zero-order valence-corrected chi connectivity index (χ0v) is 11.2. The summed E-state index contributed by atoms with van der Waals surface area (Å²) in [4.78, 5) is 18.4. The van der Waals surface area contributed by atoms with Crippen LogP contribution < -0.4 is 10.1 Å². The van der Waals surface area contributed by atoms with Crippen molar-refractivity contribution in [2.24, 2.45) is 0 Å². The monoisotopic (exact) mass is 274 g/mol. The standard InChI is InChI=1S/C13H14N4O3/c1-3-14-12-7-13(16-8-15-12)20-11-6-9(2)4-5-10(11)17(18)19/h4-8H,3H2,1-2H3,(H,14,15,16). The van der Waals surface area contributed by atoms with E-state index in [1.807, 2.05) is 13.8 Å². The fourth-order valence-corrected chi connectivity index (χ4v) is 1.64. The number of nitro benzene ring substituents is 1. The number of hydrogen-bond acceptors (Lipinski definition) is 6. The first-order valence-corrected chi connectivity index (χ1v) is 6.09. The summed E-state index contributed by atoms with van der Waals surface area (Å²) >= 11 is 0. The van der Waals surface area contributed by atoms with Crippen LogP contribution >= 0.6 is 0 Å². The second kappa shape index (κ2) is 5.96. The lowest BCUT2D eigenvalue weighted by Gasteiger charge is -2.07. The molecule has 1 aromatic carbocycles. The minimum atomic E-state index is -0.485. The van der Waals surface area contributed by atoms with Crippen LogP contribution in [0.4, 0.5) is 11.5 Å². The molecular weight excluding hydrogens is 260 g/mol. The predicted molar refractivity (Wildman–Crippen MR) is 74.1 cm³/mol. The van der Waals surface area contributed by atoms with Gasteiger partial charge in [0, 0.05) is 18.7 Å². The number of aryl methyl sites for hydroxylation is 1. The third kappa shape index (κ3) is 3.19. The molecule has 0 unspecified atom stereocenters. The Morgan fingerprint density at radius 3 is 2.85 bits per heavy atom. The molecular formula is C13H14N4O3. The molecule has 0 saturated carbocycles. The third-order valence-corrected chi connectivity index (χ3v) is 2.53.